The number of amides is 4. The Morgan fingerprint density at radius 3 is 2.19 bits per heavy atom. The minimum atomic E-state index is -0.752. The van der Waals surface area contributed by atoms with Crippen LogP contribution >= 0.6 is 12.2 Å². The average Bonchev–Trinajstić information content (AvgIpc) is 2.97. The number of carbonyl (C=O) groups is 4. The maximum Gasteiger partial charge on any atom is 0.338 e. The van der Waals surface area contributed by atoms with Crippen LogP contribution in [0.3, 0.4) is 0 Å². The van der Waals surface area contributed by atoms with Gasteiger partial charge in [0.2, 0.25) is 5.91 Å². The summed E-state index contributed by atoms with van der Waals surface area (Å²) in [6, 6.07) is 5.70. The van der Waals surface area contributed by atoms with Crippen molar-refractivity contribution in [2.45, 2.75) is 19.4 Å². The number of thiocarbonyl (C=S) groups is 1. The van der Waals surface area contributed by atoms with Gasteiger partial charge in [0.25, 0.3) is 5.91 Å². The van der Waals surface area contributed by atoms with Gasteiger partial charge in [-0.05, 0) is 43.4 Å². The maximum atomic E-state index is 12.7. The largest absolute Gasteiger partial charge is 0.462 e. The Hall–Kier alpha value is -3.21. The van der Waals surface area contributed by atoms with Crippen LogP contribution in [0.25, 0.3) is 0 Å². The van der Waals surface area contributed by atoms with E-state index in [0.29, 0.717) is 43.5 Å². The third-order valence-electron chi connectivity index (χ3n) is 5.61. The van der Waals surface area contributed by atoms with Crippen LogP contribution in [0.5, 0.6) is 0 Å². The number of likely N-dealkylation sites (N-methyl/N-ethyl adjacent to an activating group) is 2. The second-order valence-corrected chi connectivity index (χ2v) is 7.99. The lowest BCUT2D eigenvalue weighted by atomic mass is 10.1. The van der Waals surface area contributed by atoms with Gasteiger partial charge < -0.3 is 24.8 Å². The molecular formula is C21H27N5O5S. The summed E-state index contributed by atoms with van der Waals surface area (Å²) in [7, 11) is 2.95. The summed E-state index contributed by atoms with van der Waals surface area (Å²) in [6.07, 6.45) is -0.0269. The number of nitrogens with zero attached hydrogens (tertiary/aromatic N) is 4. The summed E-state index contributed by atoms with van der Waals surface area (Å²) in [5.41, 5.74) is 1.22. The van der Waals surface area contributed by atoms with E-state index >= 15 is 0 Å². The number of ether oxygens (including phenoxy) is 1. The van der Waals surface area contributed by atoms with Gasteiger partial charge in [-0.3, -0.25) is 14.5 Å². The smallest absolute Gasteiger partial charge is 0.338 e. The molecule has 3 rings (SSSR count). The maximum absolute atomic E-state index is 12.7. The van der Waals surface area contributed by atoms with E-state index in [2.05, 4.69) is 5.32 Å². The molecule has 0 aromatic heterocycles. The summed E-state index contributed by atoms with van der Waals surface area (Å²) in [6.45, 7) is 4.11. The second-order valence-electron chi connectivity index (χ2n) is 7.61. The molecule has 172 valence electrons. The fourth-order valence-corrected chi connectivity index (χ4v) is 3.94. The Morgan fingerprint density at radius 1 is 1.06 bits per heavy atom. The molecule has 1 aromatic carbocycles. The highest BCUT2D eigenvalue weighted by molar-refractivity contribution is 7.80. The molecule has 0 aliphatic carbocycles. The Morgan fingerprint density at radius 2 is 1.66 bits per heavy atom. The minimum absolute atomic E-state index is 0.0269. The van der Waals surface area contributed by atoms with Crippen LogP contribution in [0.15, 0.2) is 24.3 Å². The number of urea groups is 1. The van der Waals surface area contributed by atoms with E-state index in [0.717, 1.165) is 10.6 Å². The van der Waals surface area contributed by atoms with Crippen LogP contribution in [0.1, 0.15) is 23.7 Å². The lowest BCUT2D eigenvalue weighted by Gasteiger charge is -2.36. The lowest BCUT2D eigenvalue weighted by Crippen LogP contribution is -2.52. The molecule has 2 aliphatic heterocycles. The number of rotatable bonds is 5. The predicted molar refractivity (Wildman–Crippen MR) is 121 cm³/mol. The van der Waals surface area contributed by atoms with Crippen LogP contribution in [-0.4, -0.2) is 101 Å². The molecule has 1 N–H and O–H groups in total. The first kappa shape index (κ1) is 23.5. The molecule has 2 aliphatic rings. The molecule has 2 fully saturated rings. The highest BCUT2D eigenvalue weighted by Crippen LogP contribution is 2.18. The summed E-state index contributed by atoms with van der Waals surface area (Å²) in [5, 5.41) is 3.67. The van der Waals surface area contributed by atoms with Gasteiger partial charge >= 0.3 is 12.0 Å². The quantitative estimate of drug-likeness (QED) is 0.393. The number of hydrogen-bond acceptors (Lipinski definition) is 6. The molecule has 32 heavy (non-hydrogen) atoms. The van der Waals surface area contributed by atoms with E-state index in [9.17, 15) is 19.2 Å². The molecule has 10 nitrogen and oxygen atoms in total. The molecule has 1 aromatic rings. The van der Waals surface area contributed by atoms with Crippen molar-refractivity contribution in [1.82, 2.24) is 19.6 Å². The fraction of sp³-hybridized carbons (Fsp3) is 0.476. The molecule has 0 saturated carbocycles. The van der Waals surface area contributed by atoms with Crippen LogP contribution in [0.4, 0.5) is 10.5 Å². The number of hydrogen-bond donors (Lipinski definition) is 1. The fourth-order valence-electron chi connectivity index (χ4n) is 3.64. The number of nitrogens with one attached hydrogen (secondary N) is 1. The van der Waals surface area contributed by atoms with Crippen molar-refractivity contribution in [3.63, 3.8) is 0 Å². The molecule has 0 spiro atoms. The first-order chi connectivity index (χ1) is 15.2. The predicted octanol–water partition coefficient (Wildman–Crippen LogP) is 0.987. The van der Waals surface area contributed by atoms with E-state index in [4.69, 9.17) is 17.0 Å². The van der Waals surface area contributed by atoms with Crippen LogP contribution < -0.4 is 5.32 Å². The van der Waals surface area contributed by atoms with Gasteiger partial charge in [-0.15, -0.1) is 0 Å². The van der Waals surface area contributed by atoms with Crippen molar-refractivity contribution in [2.75, 3.05) is 52.2 Å². The first-order valence-corrected chi connectivity index (χ1v) is 10.8. The van der Waals surface area contributed by atoms with Crippen LogP contribution in [-0.2, 0) is 14.3 Å². The molecular weight excluding hydrogens is 434 g/mol. The Balaban J connectivity index is 1.48. The number of esters is 1. The van der Waals surface area contributed by atoms with Crippen molar-refractivity contribution < 1.29 is 23.9 Å². The lowest BCUT2D eigenvalue weighted by molar-refractivity contribution is -0.137. The van der Waals surface area contributed by atoms with E-state index in [-0.39, 0.29) is 24.2 Å². The summed E-state index contributed by atoms with van der Waals surface area (Å²) in [4.78, 5) is 54.5. The van der Waals surface area contributed by atoms with E-state index < -0.39 is 12.1 Å². The molecule has 0 radical (unpaired) electrons. The zero-order chi connectivity index (χ0) is 23.4. The van der Waals surface area contributed by atoms with Gasteiger partial charge in [0.15, 0.2) is 5.11 Å². The monoisotopic (exact) mass is 461 g/mol. The molecule has 4 amide bonds. The summed E-state index contributed by atoms with van der Waals surface area (Å²) in [5.74, 6) is -0.890. The standard InChI is InChI=1S/C21H27N5O5S/c1-4-31-19(29)14-5-7-15(8-6-14)22-20(32)26-11-9-25(10-12-26)17(27)13-16-18(28)24(3)21(30)23(16)2/h5-8,16H,4,9-13H2,1-3H3,(H,22,32). The highest BCUT2D eigenvalue weighted by atomic mass is 32.1. The third kappa shape index (κ3) is 4.98. The van der Waals surface area contributed by atoms with E-state index in [1.54, 1.807) is 36.1 Å². The van der Waals surface area contributed by atoms with Crippen molar-refractivity contribution in [3.05, 3.63) is 29.8 Å². The molecule has 2 saturated heterocycles. The van der Waals surface area contributed by atoms with E-state index in [1.807, 2.05) is 4.90 Å². The minimum Gasteiger partial charge on any atom is -0.462 e. The van der Waals surface area contributed by atoms with Crippen molar-refractivity contribution in [3.8, 4) is 0 Å². The van der Waals surface area contributed by atoms with Gasteiger partial charge in [-0.1, -0.05) is 0 Å². The van der Waals surface area contributed by atoms with E-state index in [1.165, 1.54) is 19.0 Å². The van der Waals surface area contributed by atoms with Crippen molar-refractivity contribution in [2.24, 2.45) is 0 Å². The number of anilines is 1. The zero-order valence-corrected chi connectivity index (χ0v) is 19.2. The van der Waals surface area contributed by atoms with Gasteiger partial charge in [-0.25, -0.2) is 9.59 Å². The third-order valence-corrected chi connectivity index (χ3v) is 5.97. The molecule has 11 heteroatoms. The molecule has 2 heterocycles. The number of piperazine rings is 1. The average molecular weight is 462 g/mol. The van der Waals surface area contributed by atoms with Crippen LogP contribution in [0.2, 0.25) is 0 Å². The van der Waals surface area contributed by atoms with Crippen molar-refractivity contribution in [1.29, 1.82) is 0 Å². The number of carbonyl (C=O) groups excluding carboxylic acids is 4. The van der Waals surface area contributed by atoms with Crippen molar-refractivity contribution >= 4 is 46.8 Å². The van der Waals surface area contributed by atoms with Gasteiger partial charge in [0, 0.05) is 46.0 Å². The topological polar surface area (TPSA) is 102 Å². The Kier molecular flexibility index (Phi) is 7.29. The Bertz CT molecular complexity index is 914. The summed E-state index contributed by atoms with van der Waals surface area (Å²) >= 11 is 5.48. The highest BCUT2D eigenvalue weighted by Gasteiger charge is 2.42. The van der Waals surface area contributed by atoms with Crippen LogP contribution in [0, 0.1) is 0 Å². The summed E-state index contributed by atoms with van der Waals surface area (Å²) < 4.78 is 4.97. The Labute approximate surface area is 192 Å². The molecule has 1 atom stereocenters. The first-order valence-electron chi connectivity index (χ1n) is 10.4. The zero-order valence-electron chi connectivity index (χ0n) is 18.4. The molecule has 1 unspecified atom stereocenters. The van der Waals surface area contributed by atoms with Gasteiger partial charge in [-0.2, -0.15) is 0 Å². The SMILES string of the molecule is CCOC(=O)c1ccc(NC(=S)N2CCN(C(=O)CC3C(=O)N(C)C(=O)N3C)CC2)cc1. The number of imide groups is 1. The molecule has 0 bridgehead atoms. The number of benzene rings is 1. The normalized spacial score (nSPS) is 18.8. The van der Waals surface area contributed by atoms with Gasteiger partial charge in [0.05, 0.1) is 18.6 Å². The van der Waals surface area contributed by atoms with Gasteiger partial charge in [0.1, 0.15) is 6.04 Å². The second kappa shape index (κ2) is 9.94.